The number of nitrogens with zero attached hydrogens (tertiary/aromatic N) is 5. The fraction of sp³-hybridized carbons (Fsp3) is 0.0833. The van der Waals surface area contributed by atoms with Gasteiger partial charge in [0.1, 0.15) is 12.1 Å². The summed E-state index contributed by atoms with van der Waals surface area (Å²) in [5.74, 6) is -0.230. The number of ether oxygens (including phenoxy) is 1. The van der Waals surface area contributed by atoms with Gasteiger partial charge in [0.25, 0.3) is 11.8 Å². The summed E-state index contributed by atoms with van der Waals surface area (Å²) in [5.41, 5.74) is 4.03. The number of rotatable bonds is 6. The van der Waals surface area contributed by atoms with Crippen LogP contribution in [0.1, 0.15) is 16.1 Å². The van der Waals surface area contributed by atoms with Crippen LogP contribution in [-0.4, -0.2) is 42.7 Å². The van der Waals surface area contributed by atoms with Gasteiger partial charge in [0, 0.05) is 11.4 Å². The van der Waals surface area contributed by atoms with Gasteiger partial charge >= 0.3 is 0 Å². The van der Waals surface area contributed by atoms with Gasteiger partial charge in [0.2, 0.25) is 0 Å². The molecule has 2 N–H and O–H groups in total. The average molecular weight is 440 g/mol. The second kappa shape index (κ2) is 8.46. The number of hydrogen-bond donors (Lipinski definition) is 2. The Bertz CT molecular complexity index is 1420. The molecule has 0 spiro atoms. The molecule has 2 aromatic heterocycles. The van der Waals surface area contributed by atoms with Crippen molar-refractivity contribution in [2.45, 2.75) is 6.54 Å². The molecule has 0 unspecified atom stereocenters. The van der Waals surface area contributed by atoms with Crippen LogP contribution in [0.25, 0.3) is 16.7 Å². The molecule has 3 aromatic carbocycles. The number of methoxy groups -OCH3 is 1. The van der Waals surface area contributed by atoms with Gasteiger partial charge in [-0.3, -0.25) is 9.36 Å². The van der Waals surface area contributed by atoms with Crippen molar-refractivity contribution in [2.75, 3.05) is 12.4 Å². The number of fused-ring (bicyclic) bond motifs is 1. The normalized spacial score (nSPS) is 10.9. The molecular weight excluding hydrogens is 420 g/mol. The minimum absolute atomic E-state index is 0.0271. The molecular formula is C24H20N6O3. The first-order chi connectivity index (χ1) is 16.1. The number of anilines is 1. The summed E-state index contributed by atoms with van der Waals surface area (Å²) in [6, 6.07) is 22.7. The summed E-state index contributed by atoms with van der Waals surface area (Å²) in [4.78, 5) is 17.4. The molecule has 9 heteroatoms. The number of aromatic nitrogens is 5. The summed E-state index contributed by atoms with van der Waals surface area (Å²) in [7, 11) is 1.59. The molecule has 2 heterocycles. The van der Waals surface area contributed by atoms with E-state index in [-0.39, 0.29) is 12.2 Å². The molecule has 0 bridgehead atoms. The summed E-state index contributed by atoms with van der Waals surface area (Å²) in [6.45, 7) is 0.265. The first kappa shape index (κ1) is 20.3. The van der Waals surface area contributed by atoms with Gasteiger partial charge in [-0.2, -0.15) is 0 Å². The van der Waals surface area contributed by atoms with Gasteiger partial charge in [-0.25, -0.2) is 9.67 Å². The van der Waals surface area contributed by atoms with Crippen molar-refractivity contribution < 1.29 is 14.6 Å². The molecule has 5 aromatic rings. The first-order valence-corrected chi connectivity index (χ1v) is 10.2. The zero-order valence-electron chi connectivity index (χ0n) is 17.7. The van der Waals surface area contributed by atoms with E-state index in [1.807, 2.05) is 65.2 Å². The molecule has 0 atom stereocenters. The van der Waals surface area contributed by atoms with Crippen LogP contribution in [-0.2, 0) is 6.54 Å². The van der Waals surface area contributed by atoms with Gasteiger partial charge < -0.3 is 15.2 Å². The number of nitrogens with one attached hydrogen (secondary N) is 1. The lowest BCUT2D eigenvalue weighted by Gasteiger charge is -2.09. The van der Waals surface area contributed by atoms with Gasteiger partial charge in [0.15, 0.2) is 5.69 Å². The van der Waals surface area contributed by atoms with Crippen LogP contribution < -0.4 is 10.1 Å². The van der Waals surface area contributed by atoms with Gasteiger partial charge in [0.05, 0.1) is 24.7 Å². The Hall–Kier alpha value is -4.66. The third kappa shape index (κ3) is 3.99. The predicted molar refractivity (Wildman–Crippen MR) is 123 cm³/mol. The van der Waals surface area contributed by atoms with E-state index >= 15 is 0 Å². The van der Waals surface area contributed by atoms with E-state index in [2.05, 4.69) is 20.6 Å². The van der Waals surface area contributed by atoms with Crippen molar-refractivity contribution in [3.05, 3.63) is 90.4 Å². The third-order valence-electron chi connectivity index (χ3n) is 5.26. The molecule has 0 saturated heterocycles. The molecule has 1 amide bonds. The lowest BCUT2D eigenvalue weighted by molar-refractivity contribution is 0.101. The Kier molecular flexibility index (Phi) is 5.19. The minimum atomic E-state index is -0.521. The van der Waals surface area contributed by atoms with Crippen molar-refractivity contribution in [3.8, 4) is 17.3 Å². The number of carbonyl (C=O) groups is 1. The summed E-state index contributed by atoms with van der Waals surface area (Å²) in [6.07, 6.45) is 1.74. The number of amides is 1. The van der Waals surface area contributed by atoms with Crippen molar-refractivity contribution in [1.29, 1.82) is 0 Å². The topological polar surface area (TPSA) is 107 Å². The molecule has 33 heavy (non-hydrogen) atoms. The lowest BCUT2D eigenvalue weighted by atomic mass is 10.2. The highest BCUT2D eigenvalue weighted by atomic mass is 16.5. The van der Waals surface area contributed by atoms with Crippen LogP contribution >= 0.6 is 0 Å². The Balaban J connectivity index is 1.38. The number of carbonyl (C=O) groups excluding carboxylic acids is 1. The molecule has 9 nitrogen and oxygen atoms in total. The molecule has 164 valence electrons. The summed E-state index contributed by atoms with van der Waals surface area (Å²) < 4.78 is 8.49. The molecule has 0 aliphatic rings. The second-order valence-electron chi connectivity index (χ2n) is 7.38. The maximum absolute atomic E-state index is 13.0. The Morgan fingerprint density at radius 3 is 2.61 bits per heavy atom. The summed E-state index contributed by atoms with van der Waals surface area (Å²) in [5, 5.41) is 20.5. The number of aromatic hydroxyl groups is 1. The maximum Gasteiger partial charge on any atom is 0.279 e. The molecule has 0 saturated carbocycles. The van der Waals surface area contributed by atoms with Gasteiger partial charge in [-0.05, 0) is 48.0 Å². The number of hydrogen-bond acceptors (Lipinski definition) is 6. The van der Waals surface area contributed by atoms with Crippen LogP contribution in [0.3, 0.4) is 0 Å². The van der Waals surface area contributed by atoms with Crippen molar-refractivity contribution >= 4 is 22.6 Å². The number of para-hydroxylation sites is 1. The van der Waals surface area contributed by atoms with Crippen molar-refractivity contribution in [2.24, 2.45) is 0 Å². The van der Waals surface area contributed by atoms with Crippen LogP contribution in [0.5, 0.6) is 11.6 Å². The van der Waals surface area contributed by atoms with E-state index in [0.717, 1.165) is 28.0 Å². The first-order valence-electron chi connectivity index (χ1n) is 10.2. The van der Waals surface area contributed by atoms with E-state index in [9.17, 15) is 9.90 Å². The Morgan fingerprint density at radius 1 is 1.06 bits per heavy atom. The highest BCUT2D eigenvalue weighted by Gasteiger charge is 2.21. The van der Waals surface area contributed by atoms with E-state index in [0.29, 0.717) is 5.69 Å². The van der Waals surface area contributed by atoms with Gasteiger partial charge in [-0.15, -0.1) is 0 Å². The van der Waals surface area contributed by atoms with Crippen molar-refractivity contribution in [3.63, 3.8) is 0 Å². The van der Waals surface area contributed by atoms with Crippen molar-refractivity contribution in [1.82, 2.24) is 24.5 Å². The molecule has 0 aliphatic carbocycles. The summed E-state index contributed by atoms with van der Waals surface area (Å²) >= 11 is 0. The van der Waals surface area contributed by atoms with Crippen LogP contribution in [0.2, 0.25) is 0 Å². The SMILES string of the molecule is COc1ccc(Cn2nnc(O)c2C(=O)Nc2ccc3c(c2)ncn3-c2ccccc2)cc1. The van der Waals surface area contributed by atoms with E-state index in [4.69, 9.17) is 4.74 Å². The standard InChI is InChI=1S/C24H20N6O3/c1-33-19-10-7-16(8-11-19)14-30-22(24(32)27-28-30)23(31)26-17-9-12-21-20(13-17)25-15-29(21)18-5-3-2-4-6-18/h2-13,15,32H,14H2,1H3,(H,26,31). The number of benzene rings is 3. The highest BCUT2D eigenvalue weighted by molar-refractivity contribution is 6.05. The fourth-order valence-corrected chi connectivity index (χ4v) is 3.61. The van der Waals surface area contributed by atoms with E-state index in [1.54, 1.807) is 25.6 Å². The average Bonchev–Trinajstić information content (AvgIpc) is 3.43. The molecule has 0 aliphatic heterocycles. The highest BCUT2D eigenvalue weighted by Crippen LogP contribution is 2.23. The third-order valence-corrected chi connectivity index (χ3v) is 5.26. The zero-order chi connectivity index (χ0) is 22.8. The largest absolute Gasteiger partial charge is 0.497 e. The van der Waals surface area contributed by atoms with Crippen LogP contribution in [0, 0.1) is 0 Å². The monoisotopic (exact) mass is 440 g/mol. The minimum Gasteiger partial charge on any atom is -0.497 e. The van der Waals surface area contributed by atoms with E-state index < -0.39 is 11.8 Å². The maximum atomic E-state index is 13.0. The Labute approximate surface area is 188 Å². The number of imidazole rings is 1. The smallest absolute Gasteiger partial charge is 0.279 e. The van der Waals surface area contributed by atoms with E-state index in [1.165, 1.54) is 4.68 Å². The van der Waals surface area contributed by atoms with Crippen LogP contribution in [0.15, 0.2) is 79.1 Å². The van der Waals surface area contributed by atoms with Gasteiger partial charge in [-0.1, -0.05) is 40.6 Å². The second-order valence-corrected chi connectivity index (χ2v) is 7.38. The quantitative estimate of drug-likeness (QED) is 0.418. The Morgan fingerprint density at radius 2 is 1.85 bits per heavy atom. The zero-order valence-corrected chi connectivity index (χ0v) is 17.7. The molecule has 5 rings (SSSR count). The molecule has 0 fully saturated rings. The fourth-order valence-electron chi connectivity index (χ4n) is 3.61. The molecule has 0 radical (unpaired) electrons. The lowest BCUT2D eigenvalue weighted by Crippen LogP contribution is -2.18. The van der Waals surface area contributed by atoms with Crippen LogP contribution in [0.4, 0.5) is 5.69 Å². The predicted octanol–water partition coefficient (Wildman–Crippen LogP) is 3.63.